The van der Waals surface area contributed by atoms with Crippen molar-refractivity contribution >= 4 is 15.9 Å². The molecule has 2 nitrogen and oxygen atoms in total. The SMILES string of the molecule is N#Cc1c(O)c(F)cc(Br)c1F. The van der Waals surface area contributed by atoms with Crippen molar-refractivity contribution in [1.82, 2.24) is 0 Å². The van der Waals surface area contributed by atoms with Gasteiger partial charge in [0.1, 0.15) is 11.6 Å². The lowest BCUT2D eigenvalue weighted by molar-refractivity contribution is 0.423. The predicted molar refractivity (Wildman–Crippen MR) is 40.4 cm³/mol. The molecule has 0 atom stereocenters. The van der Waals surface area contributed by atoms with E-state index >= 15 is 0 Å². The molecule has 62 valence electrons. The lowest BCUT2D eigenvalue weighted by atomic mass is 10.2. The molecule has 0 heterocycles. The molecule has 1 N–H and O–H groups in total. The number of nitriles is 1. The molecule has 1 aromatic rings. The fourth-order valence-electron chi connectivity index (χ4n) is 0.688. The van der Waals surface area contributed by atoms with Crippen molar-refractivity contribution in [3.8, 4) is 11.8 Å². The minimum absolute atomic E-state index is 0.186. The van der Waals surface area contributed by atoms with Crippen molar-refractivity contribution < 1.29 is 13.9 Å². The maximum atomic E-state index is 12.8. The van der Waals surface area contributed by atoms with Crippen LogP contribution in [0.15, 0.2) is 10.5 Å². The Bertz CT molecular complexity index is 346. The maximum Gasteiger partial charge on any atom is 0.172 e. The first kappa shape index (κ1) is 8.94. The van der Waals surface area contributed by atoms with Crippen LogP contribution in [-0.4, -0.2) is 5.11 Å². The summed E-state index contributed by atoms with van der Waals surface area (Å²) in [7, 11) is 0. The first-order chi connectivity index (χ1) is 5.57. The van der Waals surface area contributed by atoms with E-state index in [1.165, 1.54) is 6.07 Å². The summed E-state index contributed by atoms with van der Waals surface area (Å²) < 4.78 is 25.3. The number of phenolic OH excluding ortho intramolecular Hbond substituents is 1. The van der Waals surface area contributed by atoms with Gasteiger partial charge in [-0.2, -0.15) is 5.26 Å². The zero-order valence-corrected chi connectivity index (χ0v) is 7.19. The molecule has 0 aromatic heterocycles. The monoisotopic (exact) mass is 233 g/mol. The number of benzene rings is 1. The van der Waals surface area contributed by atoms with Gasteiger partial charge in [-0.1, -0.05) is 0 Å². The van der Waals surface area contributed by atoms with Gasteiger partial charge in [-0.15, -0.1) is 0 Å². The molecule has 1 aromatic carbocycles. The van der Waals surface area contributed by atoms with E-state index in [2.05, 4.69) is 15.9 Å². The van der Waals surface area contributed by atoms with E-state index in [4.69, 9.17) is 10.4 Å². The summed E-state index contributed by atoms with van der Waals surface area (Å²) >= 11 is 2.69. The fourth-order valence-corrected chi connectivity index (χ4v) is 1.09. The second-order valence-corrected chi connectivity index (χ2v) is 2.84. The zero-order chi connectivity index (χ0) is 9.30. The van der Waals surface area contributed by atoms with Crippen LogP contribution >= 0.6 is 15.9 Å². The maximum absolute atomic E-state index is 12.8. The van der Waals surface area contributed by atoms with E-state index in [-0.39, 0.29) is 4.47 Å². The molecular weight excluding hydrogens is 232 g/mol. The minimum atomic E-state index is -1.03. The van der Waals surface area contributed by atoms with Gasteiger partial charge in [0.15, 0.2) is 17.4 Å². The van der Waals surface area contributed by atoms with Gasteiger partial charge in [-0.05, 0) is 22.0 Å². The standard InChI is InChI=1S/C7H2BrF2NO/c8-4-1-5(9)7(12)3(2-11)6(4)10/h1,12H. The molecule has 0 saturated carbocycles. The van der Waals surface area contributed by atoms with Crippen molar-refractivity contribution in [2.24, 2.45) is 0 Å². The van der Waals surface area contributed by atoms with Gasteiger partial charge in [-0.25, -0.2) is 8.78 Å². The van der Waals surface area contributed by atoms with E-state index in [0.29, 0.717) is 0 Å². The van der Waals surface area contributed by atoms with Crippen LogP contribution in [0.3, 0.4) is 0 Å². The van der Waals surface area contributed by atoms with Crippen LogP contribution in [0, 0.1) is 23.0 Å². The van der Waals surface area contributed by atoms with E-state index in [0.717, 1.165) is 6.07 Å². The molecule has 0 aliphatic carbocycles. The molecule has 0 bridgehead atoms. The normalized spacial score (nSPS) is 9.50. The number of nitrogens with zero attached hydrogens (tertiary/aromatic N) is 1. The van der Waals surface area contributed by atoms with E-state index in [1.54, 1.807) is 0 Å². The van der Waals surface area contributed by atoms with Crippen LogP contribution in [0.1, 0.15) is 5.56 Å². The number of hydrogen-bond acceptors (Lipinski definition) is 2. The summed E-state index contributed by atoms with van der Waals surface area (Å²) in [4.78, 5) is 0. The van der Waals surface area contributed by atoms with E-state index in [9.17, 15) is 8.78 Å². The summed E-state index contributed by atoms with van der Waals surface area (Å²) in [6.45, 7) is 0. The van der Waals surface area contributed by atoms with Crippen molar-refractivity contribution in [3.05, 3.63) is 27.7 Å². The largest absolute Gasteiger partial charge is 0.504 e. The molecular formula is C7H2BrF2NO. The summed E-state index contributed by atoms with van der Waals surface area (Å²) in [6.07, 6.45) is 0. The topological polar surface area (TPSA) is 44.0 Å². The van der Waals surface area contributed by atoms with Gasteiger partial charge in [0.25, 0.3) is 0 Å². The number of rotatable bonds is 0. The van der Waals surface area contributed by atoms with Crippen LogP contribution in [0.25, 0.3) is 0 Å². The molecule has 5 heteroatoms. The van der Waals surface area contributed by atoms with Gasteiger partial charge in [0.2, 0.25) is 0 Å². The highest BCUT2D eigenvalue weighted by atomic mass is 79.9. The molecule has 12 heavy (non-hydrogen) atoms. The van der Waals surface area contributed by atoms with Gasteiger partial charge < -0.3 is 5.11 Å². The van der Waals surface area contributed by atoms with Gasteiger partial charge in [0.05, 0.1) is 4.47 Å². The lowest BCUT2D eigenvalue weighted by Gasteiger charge is -2.00. The highest BCUT2D eigenvalue weighted by Gasteiger charge is 2.15. The van der Waals surface area contributed by atoms with Crippen LogP contribution in [0.2, 0.25) is 0 Å². The minimum Gasteiger partial charge on any atom is -0.504 e. The Morgan fingerprint density at radius 3 is 2.58 bits per heavy atom. The summed E-state index contributed by atoms with van der Waals surface area (Å²) in [6, 6.07) is 2.11. The zero-order valence-electron chi connectivity index (χ0n) is 5.61. The van der Waals surface area contributed by atoms with Gasteiger partial charge >= 0.3 is 0 Å². The molecule has 0 spiro atoms. The highest BCUT2D eigenvalue weighted by molar-refractivity contribution is 9.10. The quantitative estimate of drug-likeness (QED) is 0.700. The van der Waals surface area contributed by atoms with Crippen LogP contribution in [0.5, 0.6) is 5.75 Å². The summed E-state index contributed by atoms with van der Waals surface area (Å²) in [5, 5.41) is 17.2. The Morgan fingerprint density at radius 1 is 1.50 bits per heavy atom. The first-order valence-electron chi connectivity index (χ1n) is 2.84. The van der Waals surface area contributed by atoms with Crippen molar-refractivity contribution in [3.63, 3.8) is 0 Å². The summed E-state index contributed by atoms with van der Waals surface area (Å²) in [5.41, 5.74) is -0.693. The first-order valence-corrected chi connectivity index (χ1v) is 3.63. The van der Waals surface area contributed by atoms with Crippen molar-refractivity contribution in [1.29, 1.82) is 5.26 Å². The summed E-state index contributed by atoms with van der Waals surface area (Å²) in [5.74, 6) is -2.95. The van der Waals surface area contributed by atoms with Crippen molar-refractivity contribution in [2.45, 2.75) is 0 Å². The predicted octanol–water partition coefficient (Wildman–Crippen LogP) is 2.30. The molecule has 0 amide bonds. The number of phenols is 1. The Morgan fingerprint density at radius 2 is 2.08 bits per heavy atom. The molecule has 0 unspecified atom stereocenters. The number of aromatic hydroxyl groups is 1. The average molecular weight is 234 g/mol. The van der Waals surface area contributed by atoms with Crippen LogP contribution < -0.4 is 0 Å². The second-order valence-electron chi connectivity index (χ2n) is 1.99. The third-order valence-electron chi connectivity index (χ3n) is 1.26. The Hall–Kier alpha value is -1.15. The molecule has 0 saturated heterocycles. The highest BCUT2D eigenvalue weighted by Crippen LogP contribution is 2.28. The van der Waals surface area contributed by atoms with Crippen LogP contribution in [0.4, 0.5) is 8.78 Å². The Kier molecular flexibility index (Phi) is 2.29. The second kappa shape index (κ2) is 3.07. The van der Waals surface area contributed by atoms with E-state index < -0.39 is 22.9 Å². The Balaban J connectivity index is 3.56. The Labute approximate surface area is 75.2 Å². The molecule has 0 fully saturated rings. The number of halogens is 3. The lowest BCUT2D eigenvalue weighted by Crippen LogP contribution is -1.89. The van der Waals surface area contributed by atoms with E-state index in [1.807, 2.05) is 0 Å². The van der Waals surface area contributed by atoms with Crippen LogP contribution in [-0.2, 0) is 0 Å². The molecule has 1 rings (SSSR count). The smallest absolute Gasteiger partial charge is 0.172 e. The number of hydrogen-bond donors (Lipinski definition) is 1. The third kappa shape index (κ3) is 1.25. The average Bonchev–Trinajstić information content (AvgIpc) is 2.02. The van der Waals surface area contributed by atoms with Crippen molar-refractivity contribution in [2.75, 3.05) is 0 Å². The molecule has 0 radical (unpaired) electrons. The fraction of sp³-hybridized carbons (Fsp3) is 0. The molecule has 0 aliphatic heterocycles. The third-order valence-corrected chi connectivity index (χ3v) is 1.83. The molecule has 0 aliphatic rings. The van der Waals surface area contributed by atoms with Gasteiger partial charge in [-0.3, -0.25) is 0 Å². The van der Waals surface area contributed by atoms with Gasteiger partial charge in [0, 0.05) is 0 Å².